The zero-order chi connectivity index (χ0) is 26.2. The summed E-state index contributed by atoms with van der Waals surface area (Å²) in [5.41, 5.74) is 5.30. The van der Waals surface area contributed by atoms with Gasteiger partial charge in [-0.3, -0.25) is 14.6 Å². The number of hydrogen-bond donors (Lipinski definition) is 3. The first-order valence-electron chi connectivity index (χ1n) is 13.2. The number of H-pyrrole nitrogens is 1. The van der Waals surface area contributed by atoms with E-state index >= 15 is 0 Å². The van der Waals surface area contributed by atoms with Gasteiger partial charge in [-0.15, -0.1) is 0 Å². The average Bonchev–Trinajstić information content (AvgIpc) is 3.41. The second kappa shape index (κ2) is 12.8. The number of allylic oxidation sites excluding steroid dienone is 2. The van der Waals surface area contributed by atoms with Crippen LogP contribution >= 0.6 is 0 Å². The summed E-state index contributed by atoms with van der Waals surface area (Å²) < 4.78 is 0. The van der Waals surface area contributed by atoms with Gasteiger partial charge < -0.3 is 25.2 Å². The molecule has 2 amide bonds. The van der Waals surface area contributed by atoms with E-state index in [0.717, 1.165) is 62.1 Å². The summed E-state index contributed by atoms with van der Waals surface area (Å²) in [6.45, 7) is 6.06. The molecule has 2 aromatic rings. The molecule has 2 heterocycles. The zero-order valence-electron chi connectivity index (χ0n) is 21.7. The number of piperidine rings is 1. The second-order valence-electron chi connectivity index (χ2n) is 9.81. The number of hydrogen-bond acceptors (Lipinski definition) is 6. The number of likely N-dealkylation sites (tertiary alicyclic amines) is 1. The fourth-order valence-corrected chi connectivity index (χ4v) is 5.23. The number of aliphatic hydroxyl groups is 1. The minimum atomic E-state index is -0.192. The Morgan fingerprint density at radius 3 is 2.81 bits per heavy atom. The van der Waals surface area contributed by atoms with Gasteiger partial charge in [0.1, 0.15) is 0 Å². The molecule has 0 bridgehead atoms. The molecule has 3 N–H and O–H groups in total. The van der Waals surface area contributed by atoms with Crippen molar-refractivity contribution in [3.05, 3.63) is 53.1 Å². The molecule has 1 aliphatic carbocycles. The molecule has 2 aliphatic rings. The molecule has 37 heavy (non-hydrogen) atoms. The van der Waals surface area contributed by atoms with Crippen molar-refractivity contribution in [2.75, 3.05) is 44.7 Å². The first-order valence-corrected chi connectivity index (χ1v) is 13.2. The van der Waals surface area contributed by atoms with Crippen molar-refractivity contribution in [2.24, 2.45) is 4.99 Å². The predicted octanol–water partition coefficient (Wildman–Crippen LogP) is 3.13. The van der Waals surface area contributed by atoms with E-state index in [0.29, 0.717) is 24.8 Å². The zero-order valence-corrected chi connectivity index (χ0v) is 21.7. The van der Waals surface area contributed by atoms with E-state index in [-0.39, 0.29) is 25.0 Å². The number of imidazole rings is 1. The summed E-state index contributed by atoms with van der Waals surface area (Å²) in [5.74, 6) is 0.550. The van der Waals surface area contributed by atoms with Crippen LogP contribution in [0.1, 0.15) is 71.9 Å². The molecule has 1 fully saturated rings. The molecular formula is C28H38N6O3. The van der Waals surface area contributed by atoms with E-state index in [1.165, 1.54) is 17.6 Å². The number of benzene rings is 1. The molecule has 9 nitrogen and oxygen atoms in total. The highest BCUT2D eigenvalue weighted by Crippen LogP contribution is 2.37. The largest absolute Gasteiger partial charge is 0.395 e. The van der Waals surface area contributed by atoms with Crippen LogP contribution in [0.2, 0.25) is 0 Å². The molecule has 1 aromatic heterocycles. The number of rotatable bonds is 10. The summed E-state index contributed by atoms with van der Waals surface area (Å²) in [6, 6.07) is 6.45. The number of anilines is 1. The van der Waals surface area contributed by atoms with Crippen LogP contribution < -0.4 is 10.2 Å². The maximum absolute atomic E-state index is 13.3. The third-order valence-corrected chi connectivity index (χ3v) is 7.32. The van der Waals surface area contributed by atoms with Gasteiger partial charge in [0.15, 0.2) is 5.82 Å². The fourth-order valence-electron chi connectivity index (χ4n) is 5.23. The number of carbonyl (C=O) groups excluding carboxylic acids is 2. The maximum Gasteiger partial charge on any atom is 0.293 e. The van der Waals surface area contributed by atoms with E-state index in [4.69, 9.17) is 5.11 Å². The van der Waals surface area contributed by atoms with Crippen molar-refractivity contribution in [2.45, 2.75) is 51.0 Å². The van der Waals surface area contributed by atoms with Crippen molar-refractivity contribution in [3.8, 4) is 0 Å². The Bertz CT molecular complexity index is 1130. The standard InChI is InChI=1S/C28H38N6O3/c1-29-17-23-18-31-27(32-23)28(37)33(2)25-9-8-22(16-24(25)21-6-4-3-5-7-21)20-10-13-34(14-11-20)26(36)19-30-12-15-35/h6,8-9,16,18,20,30,35H,1,3-5,7,10-15,17,19H2,2H3,(H,31,32). The molecule has 9 heteroatoms. The summed E-state index contributed by atoms with van der Waals surface area (Å²) in [7, 11) is 1.80. The summed E-state index contributed by atoms with van der Waals surface area (Å²) in [5, 5.41) is 11.9. The Hall–Kier alpha value is -3.30. The molecule has 0 spiro atoms. The number of amides is 2. The Kier molecular flexibility index (Phi) is 9.24. The van der Waals surface area contributed by atoms with Crippen molar-refractivity contribution in [1.82, 2.24) is 20.2 Å². The Balaban J connectivity index is 1.52. The lowest BCUT2D eigenvalue weighted by Gasteiger charge is -2.33. The maximum atomic E-state index is 13.3. The molecule has 198 valence electrons. The van der Waals surface area contributed by atoms with Gasteiger partial charge >= 0.3 is 0 Å². The Morgan fingerprint density at radius 1 is 1.30 bits per heavy atom. The number of aliphatic imine (C=N–C) groups is 1. The SMILES string of the molecule is C=NCc1cnc(C(=O)N(C)c2ccc(C3CCN(C(=O)CNCCO)CC3)cc2C2=CCCCC2)[nH]1. The quantitative estimate of drug-likeness (QED) is 0.338. The van der Waals surface area contributed by atoms with Gasteiger partial charge in [0.2, 0.25) is 5.91 Å². The predicted molar refractivity (Wildman–Crippen MR) is 146 cm³/mol. The van der Waals surface area contributed by atoms with Crippen molar-refractivity contribution < 1.29 is 14.7 Å². The minimum absolute atomic E-state index is 0.0280. The summed E-state index contributed by atoms with van der Waals surface area (Å²) in [4.78, 5) is 40.5. The monoisotopic (exact) mass is 506 g/mol. The van der Waals surface area contributed by atoms with Gasteiger partial charge in [-0.05, 0) is 74.4 Å². The summed E-state index contributed by atoms with van der Waals surface area (Å²) in [6.07, 6.45) is 10.2. The highest BCUT2D eigenvalue weighted by molar-refractivity contribution is 6.05. The van der Waals surface area contributed by atoms with Crippen LogP contribution in [0, 0.1) is 0 Å². The van der Waals surface area contributed by atoms with Crippen molar-refractivity contribution in [1.29, 1.82) is 0 Å². The smallest absolute Gasteiger partial charge is 0.293 e. The number of aliphatic hydroxyl groups excluding tert-OH is 1. The van der Waals surface area contributed by atoms with Crippen LogP contribution in [0.25, 0.3) is 5.57 Å². The van der Waals surface area contributed by atoms with E-state index in [2.05, 4.69) is 51.3 Å². The highest BCUT2D eigenvalue weighted by Gasteiger charge is 2.26. The van der Waals surface area contributed by atoms with Gasteiger partial charge in [0.25, 0.3) is 5.91 Å². The van der Waals surface area contributed by atoms with Gasteiger partial charge in [-0.1, -0.05) is 12.1 Å². The van der Waals surface area contributed by atoms with Crippen molar-refractivity contribution >= 4 is 29.8 Å². The van der Waals surface area contributed by atoms with E-state index < -0.39 is 0 Å². The molecule has 0 atom stereocenters. The van der Waals surface area contributed by atoms with Crippen LogP contribution in [0.5, 0.6) is 0 Å². The molecular weight excluding hydrogens is 468 g/mol. The molecule has 0 saturated carbocycles. The first kappa shape index (κ1) is 26.8. The van der Waals surface area contributed by atoms with E-state index in [9.17, 15) is 9.59 Å². The van der Waals surface area contributed by atoms with Crippen LogP contribution in [0.3, 0.4) is 0 Å². The number of nitrogens with zero attached hydrogens (tertiary/aromatic N) is 4. The van der Waals surface area contributed by atoms with Gasteiger partial charge in [0.05, 0.1) is 37.3 Å². The third-order valence-electron chi connectivity index (χ3n) is 7.32. The summed E-state index contributed by atoms with van der Waals surface area (Å²) >= 11 is 0. The van der Waals surface area contributed by atoms with E-state index in [1.54, 1.807) is 18.1 Å². The number of nitrogens with one attached hydrogen (secondary N) is 2. The van der Waals surface area contributed by atoms with Crippen molar-refractivity contribution in [3.63, 3.8) is 0 Å². The normalized spacial score (nSPS) is 16.4. The molecule has 0 unspecified atom stereocenters. The average molecular weight is 507 g/mol. The lowest BCUT2D eigenvalue weighted by atomic mass is 9.85. The molecule has 1 saturated heterocycles. The van der Waals surface area contributed by atoms with Gasteiger partial charge in [0, 0.05) is 32.2 Å². The minimum Gasteiger partial charge on any atom is -0.395 e. The van der Waals surface area contributed by atoms with Crippen LogP contribution in [0.4, 0.5) is 5.69 Å². The number of carbonyl (C=O) groups is 2. The molecule has 4 rings (SSSR count). The lowest BCUT2D eigenvalue weighted by molar-refractivity contribution is -0.131. The molecule has 1 aliphatic heterocycles. The van der Waals surface area contributed by atoms with Crippen LogP contribution in [0.15, 0.2) is 35.5 Å². The lowest BCUT2D eigenvalue weighted by Crippen LogP contribution is -2.43. The Labute approximate surface area is 218 Å². The van der Waals surface area contributed by atoms with Gasteiger partial charge in [-0.2, -0.15) is 0 Å². The van der Waals surface area contributed by atoms with E-state index in [1.807, 2.05) is 4.90 Å². The number of aromatic nitrogens is 2. The fraction of sp³-hybridized carbons (Fsp3) is 0.500. The molecule has 0 radical (unpaired) electrons. The van der Waals surface area contributed by atoms with Gasteiger partial charge in [-0.25, -0.2) is 4.98 Å². The van der Waals surface area contributed by atoms with Crippen LogP contribution in [-0.4, -0.2) is 78.3 Å². The number of aromatic amines is 1. The van der Waals surface area contributed by atoms with Crippen LogP contribution in [-0.2, 0) is 11.3 Å². The molecule has 1 aromatic carbocycles. The third kappa shape index (κ3) is 6.53. The first-order chi connectivity index (χ1) is 18.0. The highest BCUT2D eigenvalue weighted by atomic mass is 16.3. The topological polar surface area (TPSA) is 114 Å². The Morgan fingerprint density at radius 2 is 2.11 bits per heavy atom. The second-order valence-corrected chi connectivity index (χ2v) is 9.81.